The van der Waals surface area contributed by atoms with Gasteiger partial charge in [0.2, 0.25) is 10.0 Å². The molecule has 10 nitrogen and oxygen atoms in total. The predicted octanol–water partition coefficient (Wildman–Crippen LogP) is -0.560. The van der Waals surface area contributed by atoms with Crippen molar-refractivity contribution in [3.63, 3.8) is 0 Å². The van der Waals surface area contributed by atoms with Gasteiger partial charge in [0.25, 0.3) is 11.6 Å². The molecule has 0 aliphatic rings. The summed E-state index contributed by atoms with van der Waals surface area (Å²) in [7, 11) is -3.70. The number of anilines is 1. The van der Waals surface area contributed by atoms with E-state index in [0.29, 0.717) is 6.54 Å². The SMILES string of the molecule is CCNc1ncc([N+](=O)[O-])cc1C(=O)NCCS(N)(=O)=O. The molecule has 0 unspecified atom stereocenters. The quantitative estimate of drug-likeness (QED) is 0.449. The van der Waals surface area contributed by atoms with Gasteiger partial charge in [-0.1, -0.05) is 0 Å². The minimum Gasteiger partial charge on any atom is -0.370 e. The Balaban J connectivity index is 2.94. The smallest absolute Gasteiger partial charge is 0.288 e. The summed E-state index contributed by atoms with van der Waals surface area (Å²) in [5.41, 5.74) is -0.381. The van der Waals surface area contributed by atoms with Gasteiger partial charge in [-0.25, -0.2) is 18.5 Å². The van der Waals surface area contributed by atoms with E-state index in [1.807, 2.05) is 0 Å². The Morgan fingerprint density at radius 3 is 2.71 bits per heavy atom. The van der Waals surface area contributed by atoms with Crippen LogP contribution in [-0.2, 0) is 10.0 Å². The third-order valence-corrected chi connectivity index (χ3v) is 3.12. The topological polar surface area (TPSA) is 157 Å². The Morgan fingerprint density at radius 1 is 1.52 bits per heavy atom. The fourth-order valence-electron chi connectivity index (χ4n) is 1.44. The van der Waals surface area contributed by atoms with Gasteiger partial charge >= 0.3 is 0 Å². The van der Waals surface area contributed by atoms with E-state index >= 15 is 0 Å². The molecule has 0 aliphatic carbocycles. The second-order valence-electron chi connectivity index (χ2n) is 4.00. The Hall–Kier alpha value is -2.27. The van der Waals surface area contributed by atoms with E-state index in [2.05, 4.69) is 15.6 Å². The fraction of sp³-hybridized carbons (Fsp3) is 0.400. The van der Waals surface area contributed by atoms with E-state index in [-0.39, 0.29) is 23.6 Å². The number of carbonyl (C=O) groups is 1. The maximum absolute atomic E-state index is 12.0. The lowest BCUT2D eigenvalue weighted by molar-refractivity contribution is -0.385. The summed E-state index contributed by atoms with van der Waals surface area (Å²) >= 11 is 0. The van der Waals surface area contributed by atoms with Crippen LogP contribution in [-0.4, -0.2) is 43.1 Å². The number of amides is 1. The van der Waals surface area contributed by atoms with Gasteiger partial charge in [-0.15, -0.1) is 0 Å². The molecule has 0 aromatic carbocycles. The number of hydrogen-bond donors (Lipinski definition) is 3. The van der Waals surface area contributed by atoms with Gasteiger partial charge in [0, 0.05) is 19.2 Å². The largest absolute Gasteiger partial charge is 0.370 e. The molecule has 11 heteroatoms. The minimum absolute atomic E-state index is 0.0412. The first-order valence-electron chi connectivity index (χ1n) is 5.91. The minimum atomic E-state index is -3.70. The molecule has 0 saturated heterocycles. The molecular weight excluding hydrogens is 302 g/mol. The number of rotatable bonds is 7. The summed E-state index contributed by atoms with van der Waals surface area (Å²) in [5, 5.41) is 20.6. The Morgan fingerprint density at radius 2 is 2.19 bits per heavy atom. The van der Waals surface area contributed by atoms with Crippen LogP contribution in [0.5, 0.6) is 0 Å². The zero-order valence-corrected chi connectivity index (χ0v) is 12.0. The number of nitrogens with two attached hydrogens (primary N) is 1. The highest BCUT2D eigenvalue weighted by Gasteiger charge is 2.18. The molecule has 1 heterocycles. The van der Waals surface area contributed by atoms with Gasteiger partial charge in [0.1, 0.15) is 12.0 Å². The zero-order valence-electron chi connectivity index (χ0n) is 11.2. The molecule has 1 amide bonds. The average molecular weight is 317 g/mol. The first-order chi connectivity index (χ1) is 9.74. The number of nitrogens with one attached hydrogen (secondary N) is 2. The molecule has 0 fully saturated rings. The number of sulfonamides is 1. The molecular formula is C10H15N5O5S. The molecule has 116 valence electrons. The van der Waals surface area contributed by atoms with Gasteiger partial charge in [0.15, 0.2) is 0 Å². The fourth-order valence-corrected chi connectivity index (χ4v) is 1.82. The van der Waals surface area contributed by atoms with Gasteiger partial charge in [-0.2, -0.15) is 0 Å². The number of nitro groups is 1. The molecule has 0 atom stereocenters. The predicted molar refractivity (Wildman–Crippen MR) is 75.4 cm³/mol. The van der Waals surface area contributed by atoms with E-state index in [9.17, 15) is 23.3 Å². The van der Waals surface area contributed by atoms with E-state index in [1.54, 1.807) is 6.92 Å². The van der Waals surface area contributed by atoms with Crippen molar-refractivity contribution in [1.29, 1.82) is 0 Å². The standard InChI is InChI=1S/C10H15N5O5S/c1-2-12-9-8(5-7(6-14-9)15(17)18)10(16)13-3-4-21(11,19)20/h5-6H,2-4H2,1H3,(H,12,14)(H,13,16)(H2,11,19,20). The third kappa shape index (κ3) is 5.31. The number of carbonyl (C=O) groups excluding carboxylic acids is 1. The highest BCUT2D eigenvalue weighted by atomic mass is 32.2. The highest BCUT2D eigenvalue weighted by Crippen LogP contribution is 2.18. The molecule has 1 aromatic rings. The zero-order chi connectivity index (χ0) is 16.0. The number of hydrogen-bond acceptors (Lipinski definition) is 7. The van der Waals surface area contributed by atoms with Crippen LogP contribution in [0.1, 0.15) is 17.3 Å². The lowest BCUT2D eigenvalue weighted by Crippen LogP contribution is -2.32. The normalized spacial score (nSPS) is 11.0. The number of nitrogens with zero attached hydrogens (tertiary/aromatic N) is 2. The number of primary sulfonamides is 1. The van der Waals surface area contributed by atoms with Crippen LogP contribution in [0.15, 0.2) is 12.3 Å². The summed E-state index contributed by atoms with van der Waals surface area (Å²) < 4.78 is 21.5. The Labute approximate surface area is 120 Å². The summed E-state index contributed by atoms with van der Waals surface area (Å²) in [6, 6.07) is 1.07. The summed E-state index contributed by atoms with van der Waals surface area (Å²) in [6.07, 6.45) is 1.03. The van der Waals surface area contributed by atoms with Crippen LogP contribution in [0.25, 0.3) is 0 Å². The maximum atomic E-state index is 12.0. The Bertz CT molecular complexity index is 645. The highest BCUT2D eigenvalue weighted by molar-refractivity contribution is 7.89. The van der Waals surface area contributed by atoms with Crippen LogP contribution in [0.2, 0.25) is 0 Å². The van der Waals surface area contributed by atoms with Gasteiger partial charge in [-0.3, -0.25) is 14.9 Å². The summed E-state index contributed by atoms with van der Waals surface area (Å²) in [4.78, 5) is 25.8. The third-order valence-electron chi connectivity index (χ3n) is 2.35. The van der Waals surface area contributed by atoms with E-state index in [0.717, 1.165) is 12.3 Å². The Kier molecular flexibility index (Phi) is 5.55. The average Bonchev–Trinajstić information content (AvgIpc) is 2.37. The van der Waals surface area contributed by atoms with Crippen LogP contribution in [0.3, 0.4) is 0 Å². The van der Waals surface area contributed by atoms with Crippen molar-refractivity contribution in [3.8, 4) is 0 Å². The monoisotopic (exact) mass is 317 g/mol. The molecule has 21 heavy (non-hydrogen) atoms. The van der Waals surface area contributed by atoms with Crippen LogP contribution in [0.4, 0.5) is 11.5 Å². The summed E-state index contributed by atoms with van der Waals surface area (Å²) in [5.74, 6) is -0.931. The first-order valence-corrected chi connectivity index (χ1v) is 7.63. The van der Waals surface area contributed by atoms with Gasteiger partial charge in [0.05, 0.1) is 16.2 Å². The number of pyridine rings is 1. The molecule has 4 N–H and O–H groups in total. The van der Waals surface area contributed by atoms with E-state index < -0.39 is 26.6 Å². The molecule has 0 aliphatic heterocycles. The van der Waals surface area contributed by atoms with Crippen molar-refractivity contribution in [2.24, 2.45) is 5.14 Å². The lowest BCUT2D eigenvalue weighted by atomic mass is 10.2. The molecule has 1 aromatic heterocycles. The van der Waals surface area contributed by atoms with Crippen molar-refractivity contribution in [1.82, 2.24) is 10.3 Å². The van der Waals surface area contributed by atoms with Crippen LogP contribution < -0.4 is 15.8 Å². The van der Waals surface area contributed by atoms with Gasteiger partial charge in [-0.05, 0) is 6.92 Å². The van der Waals surface area contributed by atoms with E-state index in [4.69, 9.17) is 5.14 Å². The van der Waals surface area contributed by atoms with E-state index in [1.165, 1.54) is 0 Å². The van der Waals surface area contributed by atoms with Crippen molar-refractivity contribution in [3.05, 3.63) is 27.9 Å². The van der Waals surface area contributed by atoms with Crippen molar-refractivity contribution < 1.29 is 18.1 Å². The van der Waals surface area contributed by atoms with Crippen molar-refractivity contribution in [2.45, 2.75) is 6.92 Å². The second kappa shape index (κ2) is 6.95. The van der Waals surface area contributed by atoms with Crippen LogP contribution >= 0.6 is 0 Å². The van der Waals surface area contributed by atoms with Gasteiger partial charge < -0.3 is 10.6 Å². The number of aromatic nitrogens is 1. The summed E-state index contributed by atoms with van der Waals surface area (Å²) in [6.45, 7) is 2.03. The maximum Gasteiger partial charge on any atom is 0.288 e. The second-order valence-corrected chi connectivity index (χ2v) is 5.73. The van der Waals surface area contributed by atoms with Crippen molar-refractivity contribution in [2.75, 3.05) is 24.2 Å². The molecule has 0 spiro atoms. The van der Waals surface area contributed by atoms with Crippen LogP contribution in [0, 0.1) is 10.1 Å². The molecule has 0 bridgehead atoms. The molecule has 0 radical (unpaired) electrons. The van der Waals surface area contributed by atoms with Crippen molar-refractivity contribution >= 4 is 27.4 Å². The molecule has 1 rings (SSSR count). The lowest BCUT2D eigenvalue weighted by Gasteiger charge is -2.09. The molecule has 0 saturated carbocycles. The first kappa shape index (κ1) is 16.8.